The minimum absolute atomic E-state index is 0. The third-order valence-electron chi connectivity index (χ3n) is 3.45. The highest BCUT2D eigenvalue weighted by Gasteiger charge is 2.30. The van der Waals surface area contributed by atoms with Crippen LogP contribution in [0.2, 0.25) is 5.02 Å². The summed E-state index contributed by atoms with van der Waals surface area (Å²) in [7, 11) is 1.61. The lowest BCUT2D eigenvalue weighted by atomic mass is 10.0. The van der Waals surface area contributed by atoms with Crippen LogP contribution in [-0.2, 0) is 0 Å². The number of amidine groups is 1. The van der Waals surface area contributed by atoms with Crippen LogP contribution < -0.4 is 5.32 Å². The number of hydrogen-bond acceptors (Lipinski definition) is 4. The highest BCUT2D eigenvalue weighted by Crippen LogP contribution is 2.28. The van der Waals surface area contributed by atoms with Crippen LogP contribution in [0.3, 0.4) is 0 Å². The summed E-state index contributed by atoms with van der Waals surface area (Å²) in [6, 6.07) is 14.2. The number of aliphatic hydroxyl groups is 1. The number of benzene rings is 2. The second kappa shape index (κ2) is 7.00. The zero-order valence-electron chi connectivity index (χ0n) is 12.2. The first-order valence-corrected chi connectivity index (χ1v) is 7.12. The van der Waals surface area contributed by atoms with Gasteiger partial charge in [0, 0.05) is 17.6 Å². The number of nitrogens with one attached hydrogen (secondary N) is 1. The topological polar surface area (TPSA) is 70.7 Å². The zero-order valence-corrected chi connectivity index (χ0v) is 13.8. The van der Waals surface area contributed by atoms with E-state index < -0.39 is 6.23 Å². The molecule has 120 valence electrons. The molecule has 0 saturated heterocycles. The second-order valence-corrected chi connectivity index (χ2v) is 5.26. The number of aliphatic imine (C=N–C) groups is 1. The number of halogens is 2. The smallest absolute Gasteiger partial charge is 0.325 e. The van der Waals surface area contributed by atoms with Crippen molar-refractivity contribution in [1.29, 1.82) is 0 Å². The molecule has 0 radical (unpaired) electrons. The van der Waals surface area contributed by atoms with Gasteiger partial charge in [0.25, 0.3) is 0 Å². The molecule has 1 unspecified atom stereocenters. The Labute approximate surface area is 144 Å². The first kappa shape index (κ1) is 17.3. The second-order valence-electron chi connectivity index (χ2n) is 4.82. The third kappa shape index (κ3) is 3.17. The fourth-order valence-corrected chi connectivity index (χ4v) is 2.57. The monoisotopic (exact) mass is 351 g/mol. The van der Waals surface area contributed by atoms with Crippen LogP contribution in [-0.4, -0.2) is 34.7 Å². The van der Waals surface area contributed by atoms with E-state index in [4.69, 9.17) is 11.6 Å². The van der Waals surface area contributed by atoms with Gasteiger partial charge in [-0.2, -0.15) is 4.74 Å². The molecule has 0 saturated carbocycles. The van der Waals surface area contributed by atoms with E-state index in [0.717, 1.165) is 0 Å². The van der Waals surface area contributed by atoms with E-state index in [1.165, 1.54) is 0 Å². The summed E-state index contributed by atoms with van der Waals surface area (Å²) in [6.45, 7) is 0. The average Bonchev–Trinajstić information content (AvgIpc) is 2.64. The van der Waals surface area contributed by atoms with Gasteiger partial charge in [0.15, 0.2) is 0 Å². The number of rotatable bonds is 1. The summed E-state index contributed by atoms with van der Waals surface area (Å²) in [6.07, 6.45) is -1.41. The number of hydrogen-bond donors (Lipinski definition) is 2. The number of fused-ring (bicyclic) bond motifs is 1. The lowest BCUT2D eigenvalue weighted by Crippen LogP contribution is -2.40. The Balaban J connectivity index is 0.00000192. The Kier molecular flexibility index (Phi) is 5.26. The van der Waals surface area contributed by atoms with Crippen LogP contribution >= 0.6 is 24.0 Å². The summed E-state index contributed by atoms with van der Waals surface area (Å²) in [5.41, 5.74) is 2.18. The largest absolute Gasteiger partial charge is 0.621 e. The van der Waals surface area contributed by atoms with Gasteiger partial charge in [-0.05, 0) is 30.3 Å². The average molecular weight is 352 g/mol. The minimum atomic E-state index is -1.41. The molecule has 1 aliphatic rings. The third-order valence-corrected chi connectivity index (χ3v) is 3.68. The Morgan fingerprint density at radius 3 is 2.57 bits per heavy atom. The van der Waals surface area contributed by atoms with Gasteiger partial charge < -0.3 is 15.6 Å². The molecular weight excluding hydrogens is 337 g/mol. The molecule has 0 amide bonds. The first-order valence-electron chi connectivity index (χ1n) is 6.75. The van der Waals surface area contributed by atoms with Gasteiger partial charge in [0.2, 0.25) is 11.5 Å². The van der Waals surface area contributed by atoms with Crippen molar-refractivity contribution in [1.82, 2.24) is 5.32 Å². The summed E-state index contributed by atoms with van der Waals surface area (Å²) in [4.78, 5) is 4.34. The van der Waals surface area contributed by atoms with E-state index in [2.05, 4.69) is 10.3 Å². The Morgan fingerprint density at radius 1 is 1.22 bits per heavy atom. The molecule has 1 atom stereocenters. The van der Waals surface area contributed by atoms with Crippen LogP contribution in [0.25, 0.3) is 0 Å². The van der Waals surface area contributed by atoms with E-state index >= 15 is 0 Å². The maximum absolute atomic E-state index is 12.7. The molecule has 0 bridgehead atoms. The van der Waals surface area contributed by atoms with E-state index in [-0.39, 0.29) is 18.2 Å². The number of likely N-dealkylation sites (N-methyl/N-ethyl adjacent to an activating group) is 1. The quantitative estimate of drug-likeness (QED) is 0.612. The van der Waals surface area contributed by atoms with Crippen LogP contribution in [0.1, 0.15) is 11.1 Å². The highest BCUT2D eigenvalue weighted by atomic mass is 35.5. The number of hydroxylamine groups is 1. The van der Waals surface area contributed by atoms with E-state index in [1.807, 2.05) is 30.3 Å². The van der Waals surface area contributed by atoms with Gasteiger partial charge in [-0.3, -0.25) is 0 Å². The molecule has 3 rings (SSSR count). The molecule has 5 nitrogen and oxygen atoms in total. The maximum atomic E-state index is 12.7. The molecule has 0 aromatic heterocycles. The normalized spacial score (nSPS) is 16.8. The van der Waals surface area contributed by atoms with Gasteiger partial charge in [0.05, 0.1) is 11.3 Å². The van der Waals surface area contributed by atoms with E-state index in [1.54, 1.807) is 25.2 Å². The predicted molar refractivity (Wildman–Crippen MR) is 94.1 cm³/mol. The predicted octanol–water partition coefficient (Wildman–Crippen LogP) is 2.69. The van der Waals surface area contributed by atoms with E-state index in [0.29, 0.717) is 32.3 Å². The van der Waals surface area contributed by atoms with Crippen LogP contribution in [0.5, 0.6) is 0 Å². The molecule has 2 N–H and O–H groups in total. The summed E-state index contributed by atoms with van der Waals surface area (Å²) in [5, 5.41) is 26.2. The van der Waals surface area contributed by atoms with Crippen molar-refractivity contribution in [2.45, 2.75) is 6.23 Å². The summed E-state index contributed by atoms with van der Waals surface area (Å²) in [5.74, 6) is 0.185. The van der Waals surface area contributed by atoms with E-state index in [9.17, 15) is 10.3 Å². The standard InChI is InChI=1S/C16H14ClN3O2.ClH/c1-18-15-16(21)20(22)14(10-5-3-2-4-6-10)12-9-11(17)7-8-13(12)19-15;/h2-9,16,21H,1H3,(H,18,19);1H. The SMILES string of the molecule is CNC1=Nc2ccc(Cl)cc2C(c2ccccc2)=[N+]([O-])C1O.Cl. The molecule has 2 aromatic rings. The van der Waals surface area contributed by atoms with Crippen LogP contribution in [0.15, 0.2) is 53.5 Å². The van der Waals surface area contributed by atoms with Crippen molar-refractivity contribution in [2.75, 3.05) is 7.05 Å². The van der Waals surface area contributed by atoms with Gasteiger partial charge in [0.1, 0.15) is 0 Å². The van der Waals surface area contributed by atoms with Gasteiger partial charge in [-0.1, -0.05) is 29.8 Å². The van der Waals surface area contributed by atoms with Crippen molar-refractivity contribution >= 4 is 41.2 Å². The van der Waals surface area contributed by atoms with Crippen molar-refractivity contribution in [2.24, 2.45) is 4.99 Å². The molecular formula is C16H15Cl2N3O2. The fourth-order valence-electron chi connectivity index (χ4n) is 2.40. The highest BCUT2D eigenvalue weighted by molar-refractivity contribution is 6.31. The molecule has 0 aliphatic carbocycles. The first-order chi connectivity index (χ1) is 10.6. The van der Waals surface area contributed by atoms with Crippen LogP contribution in [0.4, 0.5) is 5.69 Å². The molecule has 0 spiro atoms. The Hall–Kier alpha value is -2.08. The lowest BCUT2D eigenvalue weighted by Gasteiger charge is -2.14. The van der Waals surface area contributed by atoms with Gasteiger partial charge in [-0.25, -0.2) is 4.99 Å². The lowest BCUT2D eigenvalue weighted by molar-refractivity contribution is -0.527. The zero-order chi connectivity index (χ0) is 15.7. The fraction of sp³-hybridized carbons (Fsp3) is 0.125. The molecule has 0 fully saturated rings. The molecule has 7 heteroatoms. The molecule has 2 aromatic carbocycles. The van der Waals surface area contributed by atoms with Crippen molar-refractivity contribution in [3.63, 3.8) is 0 Å². The van der Waals surface area contributed by atoms with Crippen molar-refractivity contribution in [3.05, 3.63) is 69.9 Å². The Morgan fingerprint density at radius 2 is 1.91 bits per heavy atom. The summed E-state index contributed by atoms with van der Waals surface area (Å²) < 4.78 is 0.548. The summed E-state index contributed by atoms with van der Waals surface area (Å²) >= 11 is 6.08. The molecule has 23 heavy (non-hydrogen) atoms. The van der Waals surface area contributed by atoms with Crippen molar-refractivity contribution in [3.8, 4) is 0 Å². The van der Waals surface area contributed by atoms with Crippen molar-refractivity contribution < 1.29 is 9.85 Å². The number of nitrogens with zero attached hydrogens (tertiary/aromatic N) is 2. The van der Waals surface area contributed by atoms with Gasteiger partial charge in [-0.15, -0.1) is 12.4 Å². The van der Waals surface area contributed by atoms with Crippen LogP contribution in [0, 0.1) is 5.21 Å². The molecule has 1 aliphatic heterocycles. The minimum Gasteiger partial charge on any atom is -0.621 e. The Bertz CT molecular complexity index is 776. The van der Waals surface area contributed by atoms with Gasteiger partial charge >= 0.3 is 6.23 Å². The molecule has 1 heterocycles. The number of aliphatic hydroxyl groups excluding tert-OH is 1. The maximum Gasteiger partial charge on any atom is 0.325 e.